The number of likely N-dealkylation sites (tertiary alicyclic amines) is 1. The highest BCUT2D eigenvalue weighted by atomic mass is 16.1. The van der Waals surface area contributed by atoms with E-state index in [1.165, 1.54) is 34.2 Å². The third kappa shape index (κ3) is 3.49. The molecule has 1 aliphatic heterocycles. The van der Waals surface area contributed by atoms with Crippen molar-refractivity contribution in [3.8, 4) is 0 Å². The Morgan fingerprint density at radius 2 is 1.55 bits per heavy atom. The number of carbonyl (C=O) groups is 1. The van der Waals surface area contributed by atoms with Gasteiger partial charge >= 0.3 is 0 Å². The molecule has 1 saturated heterocycles. The standard InChI is InChI=1S/C18H27NO/c1-13-12-14(2)16(4)18(15(13)3)6-5-9-19-10-7-17(20)8-11-19/h12H,5-11H2,1-4H3. The molecule has 2 rings (SSSR count). The van der Waals surface area contributed by atoms with E-state index in [0.29, 0.717) is 5.78 Å². The van der Waals surface area contributed by atoms with Gasteiger partial charge in [-0.25, -0.2) is 0 Å². The number of nitrogens with zero attached hydrogens (tertiary/aromatic N) is 1. The molecule has 2 nitrogen and oxygen atoms in total. The summed E-state index contributed by atoms with van der Waals surface area (Å²) in [6.45, 7) is 12.0. The lowest BCUT2D eigenvalue weighted by Crippen LogP contribution is -2.34. The van der Waals surface area contributed by atoms with Crippen molar-refractivity contribution in [3.05, 3.63) is 33.9 Å². The average molecular weight is 273 g/mol. The third-order valence-corrected chi connectivity index (χ3v) is 4.84. The van der Waals surface area contributed by atoms with Gasteiger partial charge < -0.3 is 4.90 Å². The number of benzene rings is 1. The van der Waals surface area contributed by atoms with Gasteiger partial charge in [-0.05, 0) is 74.9 Å². The number of hydrogen-bond donors (Lipinski definition) is 0. The van der Waals surface area contributed by atoms with Crippen LogP contribution in [-0.2, 0) is 11.2 Å². The van der Waals surface area contributed by atoms with E-state index in [-0.39, 0.29) is 0 Å². The molecule has 1 aromatic carbocycles. The molecule has 2 heteroatoms. The van der Waals surface area contributed by atoms with Crippen molar-refractivity contribution >= 4 is 5.78 Å². The van der Waals surface area contributed by atoms with E-state index in [9.17, 15) is 4.79 Å². The Kier molecular flexibility index (Phi) is 4.98. The molecule has 1 heterocycles. The van der Waals surface area contributed by atoms with Crippen LogP contribution in [0.2, 0.25) is 0 Å². The summed E-state index contributed by atoms with van der Waals surface area (Å²) in [5, 5.41) is 0. The van der Waals surface area contributed by atoms with E-state index in [1.54, 1.807) is 0 Å². The summed E-state index contributed by atoms with van der Waals surface area (Å²) in [7, 11) is 0. The largest absolute Gasteiger partial charge is 0.302 e. The summed E-state index contributed by atoms with van der Waals surface area (Å²) < 4.78 is 0. The van der Waals surface area contributed by atoms with Crippen molar-refractivity contribution in [2.75, 3.05) is 19.6 Å². The molecule has 0 bridgehead atoms. The molecule has 0 saturated carbocycles. The van der Waals surface area contributed by atoms with Crippen molar-refractivity contribution < 1.29 is 4.79 Å². The number of ketones is 1. The number of rotatable bonds is 4. The van der Waals surface area contributed by atoms with Gasteiger partial charge in [0.15, 0.2) is 0 Å². The molecule has 0 atom stereocenters. The van der Waals surface area contributed by atoms with Crippen molar-refractivity contribution in [2.24, 2.45) is 0 Å². The van der Waals surface area contributed by atoms with Crippen LogP contribution in [0.3, 0.4) is 0 Å². The van der Waals surface area contributed by atoms with Gasteiger partial charge in [-0.3, -0.25) is 4.79 Å². The van der Waals surface area contributed by atoms with Gasteiger partial charge in [0.25, 0.3) is 0 Å². The summed E-state index contributed by atoms with van der Waals surface area (Å²) in [5.74, 6) is 0.433. The van der Waals surface area contributed by atoms with Crippen molar-refractivity contribution in [2.45, 2.75) is 53.4 Å². The lowest BCUT2D eigenvalue weighted by atomic mass is 9.91. The predicted octanol–water partition coefficient (Wildman–Crippen LogP) is 3.52. The molecule has 0 aliphatic carbocycles. The number of Topliss-reactive ketones (excluding diaryl/α,β-unsaturated/α-hetero) is 1. The lowest BCUT2D eigenvalue weighted by molar-refractivity contribution is -0.121. The van der Waals surface area contributed by atoms with Gasteiger partial charge in [0.1, 0.15) is 5.78 Å². The summed E-state index contributed by atoms with van der Waals surface area (Å²) in [6, 6.07) is 2.30. The van der Waals surface area contributed by atoms with E-state index in [1.807, 2.05) is 0 Å². The Morgan fingerprint density at radius 1 is 1.00 bits per heavy atom. The first-order chi connectivity index (χ1) is 9.49. The Hall–Kier alpha value is -1.15. The van der Waals surface area contributed by atoms with E-state index >= 15 is 0 Å². The second-order valence-electron chi connectivity index (χ2n) is 6.22. The summed E-state index contributed by atoms with van der Waals surface area (Å²) >= 11 is 0. The molecular formula is C18H27NO. The smallest absolute Gasteiger partial charge is 0.135 e. The quantitative estimate of drug-likeness (QED) is 0.836. The second kappa shape index (κ2) is 6.53. The maximum Gasteiger partial charge on any atom is 0.135 e. The molecule has 0 radical (unpaired) electrons. The highest BCUT2D eigenvalue weighted by molar-refractivity contribution is 5.79. The predicted molar refractivity (Wildman–Crippen MR) is 84.4 cm³/mol. The molecular weight excluding hydrogens is 246 g/mol. The fraction of sp³-hybridized carbons (Fsp3) is 0.611. The SMILES string of the molecule is Cc1cc(C)c(C)c(CCCN2CCC(=O)CC2)c1C. The third-order valence-electron chi connectivity index (χ3n) is 4.84. The minimum absolute atomic E-state index is 0.433. The van der Waals surface area contributed by atoms with Crippen LogP contribution < -0.4 is 0 Å². The zero-order chi connectivity index (χ0) is 14.7. The lowest BCUT2D eigenvalue weighted by Gasteiger charge is -2.26. The molecule has 0 N–H and O–H groups in total. The first kappa shape index (κ1) is 15.2. The zero-order valence-corrected chi connectivity index (χ0v) is 13.4. The molecule has 20 heavy (non-hydrogen) atoms. The molecule has 1 fully saturated rings. The Morgan fingerprint density at radius 3 is 2.10 bits per heavy atom. The van der Waals surface area contributed by atoms with Crippen LogP contribution in [0.15, 0.2) is 6.07 Å². The molecule has 0 spiro atoms. The number of piperidine rings is 1. The molecule has 1 aliphatic rings. The number of aryl methyl sites for hydroxylation is 2. The first-order valence-corrected chi connectivity index (χ1v) is 7.79. The summed E-state index contributed by atoms with van der Waals surface area (Å²) in [5.41, 5.74) is 7.28. The second-order valence-corrected chi connectivity index (χ2v) is 6.22. The van der Waals surface area contributed by atoms with Crippen LogP contribution in [-0.4, -0.2) is 30.3 Å². The Balaban J connectivity index is 1.93. The monoisotopic (exact) mass is 273 g/mol. The van der Waals surface area contributed by atoms with Crippen LogP contribution in [0.25, 0.3) is 0 Å². The fourth-order valence-electron chi connectivity index (χ4n) is 3.18. The van der Waals surface area contributed by atoms with Crippen LogP contribution in [0, 0.1) is 27.7 Å². The van der Waals surface area contributed by atoms with Gasteiger partial charge in [0.05, 0.1) is 0 Å². The summed E-state index contributed by atoms with van der Waals surface area (Å²) in [6.07, 6.45) is 3.85. The van der Waals surface area contributed by atoms with E-state index < -0.39 is 0 Å². The highest BCUT2D eigenvalue weighted by Gasteiger charge is 2.16. The minimum Gasteiger partial charge on any atom is -0.302 e. The molecule has 0 amide bonds. The first-order valence-electron chi connectivity index (χ1n) is 7.79. The Bertz CT molecular complexity index is 468. The van der Waals surface area contributed by atoms with Crippen LogP contribution >= 0.6 is 0 Å². The van der Waals surface area contributed by atoms with Crippen molar-refractivity contribution in [1.82, 2.24) is 4.90 Å². The minimum atomic E-state index is 0.433. The average Bonchev–Trinajstić information content (AvgIpc) is 2.42. The van der Waals surface area contributed by atoms with Crippen molar-refractivity contribution in [3.63, 3.8) is 0 Å². The summed E-state index contributed by atoms with van der Waals surface area (Å²) in [4.78, 5) is 13.7. The number of carbonyl (C=O) groups excluding carboxylic acids is 1. The van der Waals surface area contributed by atoms with Crippen LogP contribution in [0.1, 0.15) is 47.1 Å². The number of hydrogen-bond acceptors (Lipinski definition) is 2. The molecule has 0 unspecified atom stereocenters. The Labute approximate surface area is 123 Å². The van der Waals surface area contributed by atoms with E-state index in [0.717, 1.165) is 38.9 Å². The van der Waals surface area contributed by atoms with Gasteiger partial charge in [0, 0.05) is 25.9 Å². The van der Waals surface area contributed by atoms with Crippen LogP contribution in [0.4, 0.5) is 0 Å². The maximum atomic E-state index is 11.2. The van der Waals surface area contributed by atoms with Gasteiger partial charge in [-0.15, -0.1) is 0 Å². The fourth-order valence-corrected chi connectivity index (χ4v) is 3.18. The van der Waals surface area contributed by atoms with Crippen molar-refractivity contribution in [1.29, 1.82) is 0 Å². The normalized spacial score (nSPS) is 16.7. The maximum absolute atomic E-state index is 11.2. The molecule has 1 aromatic rings. The molecule has 110 valence electrons. The van der Waals surface area contributed by atoms with E-state index in [2.05, 4.69) is 38.7 Å². The zero-order valence-electron chi connectivity index (χ0n) is 13.4. The topological polar surface area (TPSA) is 20.3 Å². The van der Waals surface area contributed by atoms with Gasteiger partial charge in [0.2, 0.25) is 0 Å². The van der Waals surface area contributed by atoms with Gasteiger partial charge in [-0.2, -0.15) is 0 Å². The molecule has 0 aromatic heterocycles. The highest BCUT2D eigenvalue weighted by Crippen LogP contribution is 2.23. The van der Waals surface area contributed by atoms with E-state index in [4.69, 9.17) is 0 Å². The van der Waals surface area contributed by atoms with Gasteiger partial charge in [-0.1, -0.05) is 6.07 Å². The van der Waals surface area contributed by atoms with Crippen LogP contribution in [0.5, 0.6) is 0 Å².